The Balaban J connectivity index is 2.14. The molecule has 2 rings (SSSR count). The number of nitrogens with two attached hydrogens (primary N) is 1. The summed E-state index contributed by atoms with van der Waals surface area (Å²) in [6.45, 7) is 4.59. The van der Waals surface area contributed by atoms with E-state index in [0.717, 1.165) is 12.1 Å². The highest BCUT2D eigenvalue weighted by Gasteiger charge is 2.33. The van der Waals surface area contributed by atoms with Gasteiger partial charge in [-0.15, -0.1) is 0 Å². The van der Waals surface area contributed by atoms with Crippen molar-refractivity contribution < 1.29 is 22.7 Å². The number of nitrogens with zero attached hydrogens (tertiary/aromatic N) is 1. The molecule has 0 radical (unpaired) electrons. The van der Waals surface area contributed by atoms with Crippen LogP contribution in [0.4, 0.5) is 13.2 Å². The first-order valence-electron chi connectivity index (χ1n) is 7.53. The van der Waals surface area contributed by atoms with Crippen LogP contribution in [0.2, 0.25) is 0 Å². The van der Waals surface area contributed by atoms with E-state index < -0.39 is 23.9 Å². The maximum absolute atomic E-state index is 12.8. The summed E-state index contributed by atoms with van der Waals surface area (Å²) in [7, 11) is 0. The Morgan fingerprint density at radius 2 is 2.09 bits per heavy atom. The Morgan fingerprint density at radius 3 is 2.70 bits per heavy atom. The predicted molar refractivity (Wildman–Crippen MR) is 79.5 cm³/mol. The summed E-state index contributed by atoms with van der Waals surface area (Å²) in [6.07, 6.45) is -4.98. The normalized spacial score (nSPS) is 20.7. The largest absolute Gasteiger partial charge is 0.416 e. The zero-order valence-corrected chi connectivity index (χ0v) is 13.1. The molecule has 1 heterocycles. The van der Waals surface area contributed by atoms with Gasteiger partial charge in [0, 0.05) is 6.54 Å². The van der Waals surface area contributed by atoms with E-state index in [-0.39, 0.29) is 25.0 Å². The summed E-state index contributed by atoms with van der Waals surface area (Å²) in [5.41, 5.74) is 5.57. The van der Waals surface area contributed by atoms with Crippen molar-refractivity contribution in [3.8, 4) is 0 Å². The van der Waals surface area contributed by atoms with Gasteiger partial charge in [0.15, 0.2) is 0 Å². The van der Waals surface area contributed by atoms with Crippen molar-refractivity contribution in [3.05, 3.63) is 35.4 Å². The Hall–Kier alpha value is -1.60. The third-order valence-electron chi connectivity index (χ3n) is 3.97. The molecule has 1 aromatic rings. The van der Waals surface area contributed by atoms with Crippen LogP contribution in [0.3, 0.4) is 0 Å². The summed E-state index contributed by atoms with van der Waals surface area (Å²) in [6, 6.07) is 4.40. The molecule has 0 saturated carbocycles. The van der Waals surface area contributed by atoms with E-state index in [2.05, 4.69) is 0 Å². The Morgan fingerprint density at radius 1 is 1.39 bits per heavy atom. The van der Waals surface area contributed by atoms with Gasteiger partial charge in [0.1, 0.15) is 6.10 Å². The molecule has 2 atom stereocenters. The average molecular weight is 330 g/mol. The molecule has 1 aromatic carbocycles. The molecule has 0 aromatic heterocycles. The van der Waals surface area contributed by atoms with Crippen LogP contribution in [-0.2, 0) is 15.7 Å². The molecule has 0 spiro atoms. The van der Waals surface area contributed by atoms with Crippen molar-refractivity contribution in [2.75, 3.05) is 19.7 Å². The van der Waals surface area contributed by atoms with Crippen molar-refractivity contribution in [3.63, 3.8) is 0 Å². The monoisotopic (exact) mass is 330 g/mol. The van der Waals surface area contributed by atoms with Gasteiger partial charge in [0.05, 0.1) is 24.8 Å². The van der Waals surface area contributed by atoms with Gasteiger partial charge in [-0.25, -0.2) is 0 Å². The molecule has 1 saturated heterocycles. The fourth-order valence-corrected chi connectivity index (χ4v) is 2.46. The predicted octanol–water partition coefficient (Wildman–Crippen LogP) is 2.59. The number of morpholine rings is 1. The van der Waals surface area contributed by atoms with Crippen LogP contribution in [0.15, 0.2) is 24.3 Å². The summed E-state index contributed by atoms with van der Waals surface area (Å²) >= 11 is 0. The lowest BCUT2D eigenvalue weighted by molar-refractivity contribution is -0.142. The van der Waals surface area contributed by atoms with Crippen molar-refractivity contribution >= 4 is 5.91 Å². The van der Waals surface area contributed by atoms with E-state index in [1.54, 1.807) is 11.0 Å². The number of hydrogen-bond acceptors (Lipinski definition) is 3. The number of benzene rings is 1. The molecule has 2 N–H and O–H groups in total. The zero-order chi connectivity index (χ0) is 17.2. The third kappa shape index (κ3) is 4.23. The van der Waals surface area contributed by atoms with E-state index in [0.29, 0.717) is 12.1 Å². The molecular weight excluding hydrogens is 309 g/mol. The Bertz CT molecular complexity index is 561. The van der Waals surface area contributed by atoms with Gasteiger partial charge in [0.2, 0.25) is 5.91 Å². The van der Waals surface area contributed by atoms with Gasteiger partial charge in [-0.05, 0) is 23.6 Å². The lowest BCUT2D eigenvalue weighted by atomic mass is 10.0. The number of carbonyl (C=O) groups excluding carboxylic acids is 1. The fraction of sp³-hybridized carbons (Fsp3) is 0.562. The maximum atomic E-state index is 12.8. The molecular formula is C16H21F3N2O2. The van der Waals surface area contributed by atoms with E-state index in [1.165, 1.54) is 6.07 Å². The van der Waals surface area contributed by atoms with Gasteiger partial charge < -0.3 is 15.4 Å². The smallest absolute Gasteiger partial charge is 0.370 e. The van der Waals surface area contributed by atoms with E-state index in [4.69, 9.17) is 10.5 Å². The van der Waals surface area contributed by atoms with Gasteiger partial charge in [-0.3, -0.25) is 4.79 Å². The van der Waals surface area contributed by atoms with Crippen LogP contribution in [0.5, 0.6) is 0 Å². The van der Waals surface area contributed by atoms with Gasteiger partial charge >= 0.3 is 6.18 Å². The second-order valence-electron chi connectivity index (χ2n) is 6.04. The molecule has 1 aliphatic heterocycles. The average Bonchev–Trinajstić information content (AvgIpc) is 2.53. The SMILES string of the molecule is CC(C)[C@H](N)C(=O)N1CCO[C@H](c2cccc(C(F)(F)F)c2)C1. The lowest BCUT2D eigenvalue weighted by Gasteiger charge is -2.35. The minimum atomic E-state index is -4.40. The number of rotatable bonds is 3. The Labute approximate surface area is 133 Å². The number of amides is 1. The second-order valence-corrected chi connectivity index (χ2v) is 6.04. The molecule has 7 heteroatoms. The first-order valence-corrected chi connectivity index (χ1v) is 7.53. The molecule has 1 amide bonds. The first kappa shape index (κ1) is 17.7. The molecule has 1 aliphatic rings. The van der Waals surface area contributed by atoms with Gasteiger partial charge in [0.25, 0.3) is 0 Å². The maximum Gasteiger partial charge on any atom is 0.416 e. The highest BCUT2D eigenvalue weighted by Crippen LogP contribution is 2.32. The number of alkyl halides is 3. The first-order chi connectivity index (χ1) is 10.7. The standard InChI is InChI=1S/C16H21F3N2O2/c1-10(2)14(20)15(22)21-6-7-23-13(9-21)11-4-3-5-12(8-11)16(17,18)19/h3-5,8,10,13-14H,6-7,9,20H2,1-2H3/t13-,14-/m0/s1. The fourth-order valence-electron chi connectivity index (χ4n) is 2.46. The van der Waals surface area contributed by atoms with Crippen LogP contribution < -0.4 is 5.73 Å². The molecule has 128 valence electrons. The van der Waals surface area contributed by atoms with Gasteiger partial charge in [-0.2, -0.15) is 13.2 Å². The quantitative estimate of drug-likeness (QED) is 0.927. The van der Waals surface area contributed by atoms with Crippen LogP contribution in [0.1, 0.15) is 31.1 Å². The second kappa shape index (κ2) is 6.88. The number of carbonyl (C=O) groups is 1. The molecule has 0 unspecified atom stereocenters. The van der Waals surface area contributed by atoms with Crippen LogP contribution in [0.25, 0.3) is 0 Å². The summed E-state index contributed by atoms with van der Waals surface area (Å²) < 4.78 is 44.0. The molecule has 23 heavy (non-hydrogen) atoms. The summed E-state index contributed by atoms with van der Waals surface area (Å²) in [4.78, 5) is 13.9. The van der Waals surface area contributed by atoms with Crippen molar-refractivity contribution in [2.24, 2.45) is 11.7 Å². The van der Waals surface area contributed by atoms with Crippen molar-refractivity contribution in [2.45, 2.75) is 32.2 Å². The highest BCUT2D eigenvalue weighted by atomic mass is 19.4. The third-order valence-corrected chi connectivity index (χ3v) is 3.97. The van der Waals surface area contributed by atoms with E-state index >= 15 is 0 Å². The van der Waals surface area contributed by atoms with Crippen LogP contribution >= 0.6 is 0 Å². The topological polar surface area (TPSA) is 55.6 Å². The summed E-state index contributed by atoms with van der Waals surface area (Å²) in [5.74, 6) is -0.197. The van der Waals surface area contributed by atoms with Gasteiger partial charge in [-0.1, -0.05) is 26.0 Å². The highest BCUT2D eigenvalue weighted by molar-refractivity contribution is 5.82. The number of hydrogen-bond donors (Lipinski definition) is 1. The number of halogens is 3. The lowest BCUT2D eigenvalue weighted by Crippen LogP contribution is -2.51. The number of ether oxygens (including phenoxy) is 1. The Kier molecular flexibility index (Phi) is 5.31. The van der Waals surface area contributed by atoms with Crippen LogP contribution in [-0.4, -0.2) is 36.5 Å². The minimum absolute atomic E-state index is 0.00245. The van der Waals surface area contributed by atoms with Crippen molar-refractivity contribution in [1.29, 1.82) is 0 Å². The van der Waals surface area contributed by atoms with E-state index in [9.17, 15) is 18.0 Å². The van der Waals surface area contributed by atoms with Crippen LogP contribution in [0, 0.1) is 5.92 Å². The molecule has 4 nitrogen and oxygen atoms in total. The summed E-state index contributed by atoms with van der Waals surface area (Å²) in [5, 5.41) is 0. The molecule has 0 aliphatic carbocycles. The van der Waals surface area contributed by atoms with E-state index in [1.807, 2.05) is 13.8 Å². The molecule has 0 bridgehead atoms. The minimum Gasteiger partial charge on any atom is -0.370 e. The van der Waals surface area contributed by atoms with Crippen molar-refractivity contribution in [1.82, 2.24) is 4.90 Å². The molecule has 1 fully saturated rings. The zero-order valence-electron chi connectivity index (χ0n) is 13.1.